The highest BCUT2D eigenvalue weighted by atomic mass is 32.2. The lowest BCUT2D eigenvalue weighted by molar-refractivity contribution is 0.474. The first-order chi connectivity index (χ1) is 10.1. The zero-order chi connectivity index (χ0) is 15.2. The molecule has 2 aromatic carbocycles. The van der Waals surface area contributed by atoms with Gasteiger partial charge in [0, 0.05) is 28.9 Å². The van der Waals surface area contributed by atoms with Crippen LogP contribution in [0.2, 0.25) is 0 Å². The number of aromatic hydroxyl groups is 1. The summed E-state index contributed by atoms with van der Waals surface area (Å²) in [5, 5.41) is 13.0. The van der Waals surface area contributed by atoms with Crippen molar-refractivity contribution in [2.45, 2.75) is 18.2 Å². The van der Waals surface area contributed by atoms with Crippen molar-refractivity contribution >= 4 is 10.8 Å². The van der Waals surface area contributed by atoms with Crippen molar-refractivity contribution in [3.63, 3.8) is 0 Å². The van der Waals surface area contributed by atoms with Crippen LogP contribution in [0.4, 0.5) is 0 Å². The second kappa shape index (κ2) is 7.38. The van der Waals surface area contributed by atoms with Crippen molar-refractivity contribution in [1.82, 2.24) is 5.32 Å². The predicted octanol–water partition coefficient (Wildman–Crippen LogP) is 2.84. The Morgan fingerprint density at radius 3 is 2.19 bits per heavy atom. The lowest BCUT2D eigenvalue weighted by Crippen LogP contribution is -2.31. The van der Waals surface area contributed by atoms with Crippen molar-refractivity contribution in [2.24, 2.45) is 0 Å². The Labute approximate surface area is 128 Å². The Balaban J connectivity index is 2.22. The van der Waals surface area contributed by atoms with Gasteiger partial charge in [-0.2, -0.15) is 0 Å². The van der Waals surface area contributed by atoms with Crippen LogP contribution in [-0.4, -0.2) is 27.4 Å². The minimum atomic E-state index is -0.846. The summed E-state index contributed by atoms with van der Waals surface area (Å²) in [5.74, 6) is 0.258. The van der Waals surface area contributed by atoms with Crippen LogP contribution < -0.4 is 5.32 Å². The molecule has 0 aromatic heterocycles. The van der Waals surface area contributed by atoms with Gasteiger partial charge in [0.05, 0.1) is 6.04 Å². The molecule has 3 atom stereocenters. The topological polar surface area (TPSA) is 49.3 Å². The van der Waals surface area contributed by atoms with Crippen LogP contribution in [0.3, 0.4) is 0 Å². The first-order valence-electron chi connectivity index (χ1n) is 6.97. The van der Waals surface area contributed by atoms with Gasteiger partial charge < -0.3 is 10.4 Å². The van der Waals surface area contributed by atoms with Crippen LogP contribution in [0, 0.1) is 0 Å². The summed E-state index contributed by atoms with van der Waals surface area (Å²) >= 11 is 0. The second-order valence-corrected chi connectivity index (χ2v) is 6.95. The molecule has 0 aliphatic carbocycles. The van der Waals surface area contributed by atoms with E-state index in [1.165, 1.54) is 0 Å². The molecule has 0 saturated heterocycles. The van der Waals surface area contributed by atoms with Crippen LogP contribution in [-0.2, 0) is 10.8 Å². The Kier molecular flexibility index (Phi) is 5.53. The minimum Gasteiger partial charge on any atom is -0.508 e. The fourth-order valence-corrected chi connectivity index (χ4v) is 2.47. The number of phenols is 1. The maximum atomic E-state index is 11.5. The van der Waals surface area contributed by atoms with Gasteiger partial charge in [0.1, 0.15) is 5.75 Å². The van der Waals surface area contributed by atoms with Crippen LogP contribution in [0.25, 0.3) is 0 Å². The summed E-state index contributed by atoms with van der Waals surface area (Å²) < 4.78 is 11.5. The summed E-state index contributed by atoms with van der Waals surface area (Å²) in [6.07, 6.45) is 1.73. The maximum Gasteiger partial charge on any atom is 0.115 e. The van der Waals surface area contributed by atoms with E-state index in [4.69, 9.17) is 0 Å². The molecular formula is C17H21NO2S. The fourth-order valence-electron chi connectivity index (χ4n) is 2.14. The number of hydrogen-bond donors (Lipinski definition) is 2. The summed E-state index contributed by atoms with van der Waals surface area (Å²) in [6, 6.07) is 17.4. The molecule has 3 nitrogen and oxygen atoms in total. The lowest BCUT2D eigenvalue weighted by atomic mass is 9.98. The van der Waals surface area contributed by atoms with Gasteiger partial charge in [-0.3, -0.25) is 4.21 Å². The van der Waals surface area contributed by atoms with Gasteiger partial charge in [0.2, 0.25) is 0 Å². The van der Waals surface area contributed by atoms with Gasteiger partial charge in [-0.15, -0.1) is 0 Å². The highest BCUT2D eigenvalue weighted by Crippen LogP contribution is 2.23. The number of hydrogen-bond acceptors (Lipinski definition) is 3. The first kappa shape index (κ1) is 15.7. The van der Waals surface area contributed by atoms with Crippen molar-refractivity contribution < 1.29 is 9.32 Å². The molecule has 0 spiro atoms. The van der Waals surface area contributed by atoms with Gasteiger partial charge in [-0.25, -0.2) is 0 Å². The summed E-state index contributed by atoms with van der Waals surface area (Å²) in [4.78, 5) is 0. The van der Waals surface area contributed by atoms with Crippen molar-refractivity contribution in [1.29, 1.82) is 0 Å². The van der Waals surface area contributed by atoms with E-state index in [1.54, 1.807) is 18.4 Å². The quantitative estimate of drug-likeness (QED) is 0.863. The van der Waals surface area contributed by atoms with E-state index in [9.17, 15) is 9.32 Å². The first-order valence-corrected chi connectivity index (χ1v) is 8.59. The van der Waals surface area contributed by atoms with Crippen LogP contribution >= 0.6 is 0 Å². The third-order valence-electron chi connectivity index (χ3n) is 3.54. The molecule has 0 amide bonds. The van der Waals surface area contributed by atoms with E-state index in [2.05, 4.69) is 17.4 Å². The molecule has 112 valence electrons. The Morgan fingerprint density at radius 2 is 1.62 bits per heavy atom. The fraction of sp³-hybridized carbons (Fsp3) is 0.294. The monoisotopic (exact) mass is 303 g/mol. The van der Waals surface area contributed by atoms with E-state index < -0.39 is 10.8 Å². The number of rotatable bonds is 6. The predicted molar refractivity (Wildman–Crippen MR) is 87.9 cm³/mol. The maximum absolute atomic E-state index is 11.5. The molecule has 0 bridgehead atoms. The molecule has 0 fully saturated rings. The van der Waals surface area contributed by atoms with Crippen molar-refractivity contribution in [3.8, 4) is 5.75 Å². The third kappa shape index (κ3) is 4.41. The van der Waals surface area contributed by atoms with Gasteiger partial charge in [-0.05, 0) is 30.2 Å². The zero-order valence-electron chi connectivity index (χ0n) is 12.3. The molecule has 2 aromatic rings. The SMILES string of the molecule is CC(CNC(c1ccccc1)c1ccc(O)cc1)S(C)=O. The van der Waals surface area contributed by atoms with Gasteiger partial charge in [-0.1, -0.05) is 42.5 Å². The van der Waals surface area contributed by atoms with Crippen LogP contribution in [0.15, 0.2) is 54.6 Å². The van der Waals surface area contributed by atoms with Crippen molar-refractivity contribution in [3.05, 3.63) is 65.7 Å². The molecule has 21 heavy (non-hydrogen) atoms. The van der Waals surface area contributed by atoms with Gasteiger partial charge in [0.15, 0.2) is 0 Å². The summed E-state index contributed by atoms with van der Waals surface area (Å²) in [6.45, 7) is 2.64. The minimum absolute atomic E-state index is 0.0257. The highest BCUT2D eigenvalue weighted by molar-refractivity contribution is 7.84. The molecule has 2 rings (SSSR count). The largest absolute Gasteiger partial charge is 0.508 e. The van der Waals surface area contributed by atoms with Gasteiger partial charge in [0.25, 0.3) is 0 Å². The third-order valence-corrected chi connectivity index (χ3v) is 4.84. The molecule has 0 heterocycles. The van der Waals surface area contributed by atoms with Crippen LogP contribution in [0.5, 0.6) is 5.75 Å². The van der Waals surface area contributed by atoms with E-state index in [-0.39, 0.29) is 17.0 Å². The Morgan fingerprint density at radius 1 is 1.05 bits per heavy atom. The molecule has 3 unspecified atom stereocenters. The zero-order valence-corrected chi connectivity index (χ0v) is 13.1. The molecule has 0 aliphatic rings. The average Bonchev–Trinajstić information content (AvgIpc) is 2.50. The molecule has 4 heteroatoms. The standard InChI is InChI=1S/C17H21NO2S/c1-13(21(2)20)12-18-17(14-6-4-3-5-7-14)15-8-10-16(19)11-9-15/h3-11,13,17-19H,12H2,1-2H3. The lowest BCUT2D eigenvalue weighted by Gasteiger charge is -2.21. The number of benzene rings is 2. The normalized spacial score (nSPS) is 15.3. The van der Waals surface area contributed by atoms with E-state index in [0.717, 1.165) is 11.1 Å². The average molecular weight is 303 g/mol. The molecule has 2 N–H and O–H groups in total. The molecule has 0 radical (unpaired) electrons. The Bertz CT molecular complexity index is 583. The van der Waals surface area contributed by atoms with Crippen molar-refractivity contribution in [2.75, 3.05) is 12.8 Å². The Hall–Kier alpha value is -1.65. The van der Waals surface area contributed by atoms with E-state index >= 15 is 0 Å². The summed E-state index contributed by atoms with van der Waals surface area (Å²) in [7, 11) is -0.846. The molecular weight excluding hydrogens is 282 g/mol. The number of nitrogens with one attached hydrogen (secondary N) is 1. The number of phenolic OH excluding ortho intramolecular Hbond substituents is 1. The smallest absolute Gasteiger partial charge is 0.115 e. The molecule has 0 aliphatic heterocycles. The van der Waals surface area contributed by atoms with Gasteiger partial charge >= 0.3 is 0 Å². The van der Waals surface area contributed by atoms with Crippen LogP contribution in [0.1, 0.15) is 24.1 Å². The van der Waals surface area contributed by atoms with E-state index in [1.807, 2.05) is 37.3 Å². The summed E-state index contributed by atoms with van der Waals surface area (Å²) in [5.41, 5.74) is 2.23. The van der Waals surface area contributed by atoms with E-state index in [0.29, 0.717) is 6.54 Å². The molecule has 0 saturated carbocycles. The highest BCUT2D eigenvalue weighted by Gasteiger charge is 2.15. The second-order valence-electron chi connectivity index (χ2n) is 5.15.